The fourth-order valence-electron chi connectivity index (χ4n) is 1.29. The van der Waals surface area contributed by atoms with Crippen LogP contribution < -0.4 is 4.74 Å². The van der Waals surface area contributed by atoms with Gasteiger partial charge < -0.3 is 4.74 Å². The second-order valence-corrected chi connectivity index (χ2v) is 3.77. The molecule has 0 heterocycles. The summed E-state index contributed by atoms with van der Waals surface area (Å²) in [7, 11) is 1.57. The molecule has 1 aromatic rings. The summed E-state index contributed by atoms with van der Waals surface area (Å²) in [5.41, 5.74) is 1.31. The maximum Gasteiger partial charge on any atom is 0.175 e. The van der Waals surface area contributed by atoms with Gasteiger partial charge in [-0.1, -0.05) is 27.5 Å². The minimum absolute atomic E-state index is 0.0357. The van der Waals surface area contributed by atoms with Crippen molar-refractivity contribution in [1.82, 2.24) is 0 Å². The molecular formula is C10H10BrClO2. The summed E-state index contributed by atoms with van der Waals surface area (Å²) >= 11 is 9.05. The lowest BCUT2D eigenvalue weighted by molar-refractivity contribution is 0.102. The van der Waals surface area contributed by atoms with Crippen LogP contribution in [0.15, 0.2) is 12.1 Å². The van der Waals surface area contributed by atoms with E-state index in [2.05, 4.69) is 15.9 Å². The van der Waals surface area contributed by atoms with Gasteiger partial charge in [0.2, 0.25) is 0 Å². The van der Waals surface area contributed by atoms with E-state index in [4.69, 9.17) is 16.3 Å². The molecule has 0 bridgehead atoms. The van der Waals surface area contributed by atoms with E-state index >= 15 is 0 Å². The number of carbonyl (C=O) groups excluding carboxylic acids is 1. The zero-order valence-electron chi connectivity index (χ0n) is 7.93. The Morgan fingerprint density at radius 1 is 1.57 bits per heavy atom. The fourth-order valence-corrected chi connectivity index (χ4v) is 1.88. The van der Waals surface area contributed by atoms with Crippen LogP contribution >= 0.6 is 27.5 Å². The number of alkyl halides is 1. The third kappa shape index (κ3) is 2.10. The highest BCUT2D eigenvalue weighted by molar-refractivity contribution is 9.09. The molecule has 0 aliphatic carbocycles. The number of hydrogen-bond donors (Lipinski definition) is 0. The standard InChI is InChI=1S/C10H10BrClO2/c1-6-9(14-2)4-3-7(12)10(6)8(13)5-11/h3-4H,5H2,1-2H3. The van der Waals surface area contributed by atoms with E-state index in [9.17, 15) is 4.79 Å². The predicted molar refractivity (Wildman–Crippen MR) is 60.9 cm³/mol. The van der Waals surface area contributed by atoms with Crippen molar-refractivity contribution in [1.29, 1.82) is 0 Å². The van der Waals surface area contributed by atoms with Crippen molar-refractivity contribution >= 4 is 33.3 Å². The molecule has 0 saturated heterocycles. The molecule has 76 valence electrons. The number of Topliss-reactive ketones (excluding diaryl/α,β-unsaturated/α-hetero) is 1. The van der Waals surface area contributed by atoms with Crippen LogP contribution in [-0.4, -0.2) is 18.2 Å². The second kappa shape index (κ2) is 4.80. The molecule has 2 nitrogen and oxygen atoms in total. The van der Waals surface area contributed by atoms with Crippen molar-refractivity contribution in [3.05, 3.63) is 28.3 Å². The first-order valence-electron chi connectivity index (χ1n) is 4.04. The quantitative estimate of drug-likeness (QED) is 0.626. The Labute approximate surface area is 96.3 Å². The molecule has 1 aromatic carbocycles. The number of benzene rings is 1. The van der Waals surface area contributed by atoms with Crippen LogP contribution in [0.3, 0.4) is 0 Å². The summed E-state index contributed by atoms with van der Waals surface area (Å²) in [5, 5.41) is 0.730. The smallest absolute Gasteiger partial charge is 0.175 e. The van der Waals surface area contributed by atoms with E-state index in [0.29, 0.717) is 16.3 Å². The molecular weight excluding hydrogens is 267 g/mol. The van der Waals surface area contributed by atoms with Gasteiger partial charge in [0.25, 0.3) is 0 Å². The number of methoxy groups -OCH3 is 1. The first-order valence-corrected chi connectivity index (χ1v) is 5.54. The van der Waals surface area contributed by atoms with E-state index in [1.807, 2.05) is 6.92 Å². The Balaban J connectivity index is 3.32. The zero-order valence-corrected chi connectivity index (χ0v) is 10.3. The van der Waals surface area contributed by atoms with Gasteiger partial charge >= 0.3 is 0 Å². The van der Waals surface area contributed by atoms with Crippen molar-refractivity contribution in [3.63, 3.8) is 0 Å². The van der Waals surface area contributed by atoms with Crippen LogP contribution in [-0.2, 0) is 0 Å². The maximum absolute atomic E-state index is 11.5. The Kier molecular flexibility index (Phi) is 3.96. The highest BCUT2D eigenvalue weighted by Gasteiger charge is 2.15. The Morgan fingerprint density at radius 2 is 2.21 bits per heavy atom. The van der Waals surface area contributed by atoms with Crippen molar-refractivity contribution in [2.75, 3.05) is 12.4 Å². The molecule has 0 amide bonds. The number of carbonyl (C=O) groups is 1. The lowest BCUT2D eigenvalue weighted by Gasteiger charge is -2.10. The molecule has 0 saturated carbocycles. The molecule has 0 fully saturated rings. The molecule has 4 heteroatoms. The Hall–Kier alpha value is -0.540. The van der Waals surface area contributed by atoms with Crippen molar-refractivity contribution < 1.29 is 9.53 Å². The molecule has 0 unspecified atom stereocenters. The molecule has 0 radical (unpaired) electrons. The largest absolute Gasteiger partial charge is 0.496 e. The molecule has 0 spiro atoms. The Bertz CT molecular complexity index is 363. The van der Waals surface area contributed by atoms with E-state index < -0.39 is 0 Å². The van der Waals surface area contributed by atoms with Gasteiger partial charge in [0.1, 0.15) is 5.75 Å². The van der Waals surface area contributed by atoms with E-state index in [1.54, 1.807) is 19.2 Å². The molecule has 0 atom stereocenters. The van der Waals surface area contributed by atoms with Gasteiger partial charge in [0, 0.05) is 11.1 Å². The summed E-state index contributed by atoms with van der Waals surface area (Å²) in [6, 6.07) is 3.42. The van der Waals surface area contributed by atoms with Crippen LogP contribution in [0.4, 0.5) is 0 Å². The highest BCUT2D eigenvalue weighted by Crippen LogP contribution is 2.28. The fraction of sp³-hybridized carbons (Fsp3) is 0.300. The van der Waals surface area contributed by atoms with Gasteiger partial charge in [-0.25, -0.2) is 0 Å². The molecule has 0 aliphatic heterocycles. The SMILES string of the molecule is COc1ccc(Cl)c(C(=O)CBr)c1C. The minimum Gasteiger partial charge on any atom is -0.496 e. The molecule has 0 aliphatic rings. The number of ether oxygens (including phenoxy) is 1. The normalized spacial score (nSPS) is 10.0. The number of ketones is 1. The van der Waals surface area contributed by atoms with Gasteiger partial charge in [-0.3, -0.25) is 4.79 Å². The van der Waals surface area contributed by atoms with Crippen molar-refractivity contribution in [2.45, 2.75) is 6.92 Å². The highest BCUT2D eigenvalue weighted by atomic mass is 79.9. The average molecular weight is 278 g/mol. The van der Waals surface area contributed by atoms with Crippen molar-refractivity contribution in [3.8, 4) is 5.75 Å². The lowest BCUT2D eigenvalue weighted by Crippen LogP contribution is -2.05. The predicted octanol–water partition coefficient (Wildman–Crippen LogP) is 3.23. The minimum atomic E-state index is -0.0357. The van der Waals surface area contributed by atoms with Gasteiger partial charge in [0.15, 0.2) is 5.78 Å². The summed E-state index contributed by atoms with van der Waals surface area (Å²) < 4.78 is 5.11. The third-order valence-electron chi connectivity index (χ3n) is 1.98. The average Bonchev–Trinajstić information content (AvgIpc) is 2.18. The maximum atomic E-state index is 11.5. The summed E-state index contributed by atoms with van der Waals surface area (Å²) in [6.45, 7) is 1.82. The van der Waals surface area contributed by atoms with E-state index in [-0.39, 0.29) is 11.1 Å². The summed E-state index contributed by atoms with van der Waals surface area (Å²) in [5.74, 6) is 0.644. The van der Waals surface area contributed by atoms with Gasteiger partial charge in [0.05, 0.1) is 17.5 Å². The van der Waals surface area contributed by atoms with Crippen molar-refractivity contribution in [2.24, 2.45) is 0 Å². The summed E-state index contributed by atoms with van der Waals surface area (Å²) in [6.07, 6.45) is 0. The van der Waals surface area contributed by atoms with Gasteiger partial charge in [-0.05, 0) is 19.1 Å². The Morgan fingerprint density at radius 3 is 2.71 bits per heavy atom. The first-order chi connectivity index (χ1) is 6.61. The van der Waals surface area contributed by atoms with Crippen LogP contribution in [0.25, 0.3) is 0 Å². The third-order valence-corrected chi connectivity index (χ3v) is 2.81. The van der Waals surface area contributed by atoms with Crippen LogP contribution in [0.5, 0.6) is 5.75 Å². The number of halogens is 2. The summed E-state index contributed by atoms with van der Waals surface area (Å²) in [4.78, 5) is 11.5. The molecule has 1 rings (SSSR count). The lowest BCUT2D eigenvalue weighted by atomic mass is 10.0. The van der Waals surface area contributed by atoms with Crippen LogP contribution in [0, 0.1) is 6.92 Å². The monoisotopic (exact) mass is 276 g/mol. The number of hydrogen-bond acceptors (Lipinski definition) is 2. The van der Waals surface area contributed by atoms with E-state index in [0.717, 1.165) is 5.56 Å². The molecule has 0 aromatic heterocycles. The number of rotatable bonds is 3. The first kappa shape index (κ1) is 11.5. The molecule has 14 heavy (non-hydrogen) atoms. The van der Waals surface area contributed by atoms with Gasteiger partial charge in [-0.2, -0.15) is 0 Å². The van der Waals surface area contributed by atoms with E-state index in [1.165, 1.54) is 0 Å². The van der Waals surface area contributed by atoms with Crippen LogP contribution in [0.2, 0.25) is 5.02 Å². The molecule has 0 N–H and O–H groups in total. The topological polar surface area (TPSA) is 26.3 Å². The zero-order chi connectivity index (χ0) is 10.7. The van der Waals surface area contributed by atoms with Gasteiger partial charge in [-0.15, -0.1) is 0 Å². The van der Waals surface area contributed by atoms with Crippen LogP contribution in [0.1, 0.15) is 15.9 Å². The second-order valence-electron chi connectivity index (χ2n) is 2.81.